The minimum absolute atomic E-state index is 0.651. The van der Waals surface area contributed by atoms with Gasteiger partial charge in [0.1, 0.15) is 0 Å². The van der Waals surface area contributed by atoms with Gasteiger partial charge in [-0.3, -0.25) is 9.98 Å². The van der Waals surface area contributed by atoms with Gasteiger partial charge in [0.05, 0.1) is 11.4 Å². The number of rotatable bonds is 6. The van der Waals surface area contributed by atoms with Crippen molar-refractivity contribution in [3.05, 3.63) is 62.5 Å². The topological polar surface area (TPSA) is 24.7 Å². The molecule has 0 fully saturated rings. The zero-order valence-corrected chi connectivity index (χ0v) is 8.19. The zero-order chi connectivity index (χ0) is 10.8. The van der Waals surface area contributed by atoms with E-state index >= 15 is 0 Å². The van der Waals surface area contributed by atoms with Gasteiger partial charge >= 0.3 is 0 Å². The van der Waals surface area contributed by atoms with Crippen LogP contribution < -0.4 is 0 Å². The highest BCUT2D eigenvalue weighted by atomic mass is 14.8. The first kappa shape index (κ1) is 12.0. The molecule has 2 heteroatoms. The molecule has 0 aliphatic rings. The van der Waals surface area contributed by atoms with E-state index in [0.29, 0.717) is 11.4 Å². The molecule has 0 unspecified atom stereocenters. The average molecular weight is 186 g/mol. The average Bonchev–Trinajstić information content (AvgIpc) is 2.21. The van der Waals surface area contributed by atoms with Crippen molar-refractivity contribution in [2.75, 3.05) is 0 Å². The first-order valence-electron chi connectivity index (χ1n) is 4.09. The molecule has 0 amide bonds. The Labute approximate surface area is 85.1 Å². The Balaban J connectivity index is 5.07. The maximum Gasteiger partial charge on any atom is 0.0885 e. The molecule has 0 aliphatic carbocycles. The molecule has 0 heterocycles. The molecule has 2 nitrogen and oxygen atoms in total. The quantitative estimate of drug-likeness (QED) is 0.450. The normalized spacial score (nSPS) is 12.6. The van der Waals surface area contributed by atoms with Gasteiger partial charge in [0.15, 0.2) is 0 Å². The summed E-state index contributed by atoms with van der Waals surface area (Å²) in [5.41, 5.74) is 1.33. The lowest BCUT2D eigenvalue weighted by Crippen LogP contribution is -1.95. The number of hydrogen-bond acceptors (Lipinski definition) is 2. The van der Waals surface area contributed by atoms with Crippen LogP contribution in [-0.4, -0.2) is 11.9 Å². The van der Waals surface area contributed by atoms with Crippen molar-refractivity contribution in [2.45, 2.75) is 0 Å². The molecule has 0 saturated carbocycles. The SMILES string of the molecule is C=C\C=N/C(=C/C=C)C(/C=C)=N\C=C. The van der Waals surface area contributed by atoms with Crippen LogP contribution in [0.3, 0.4) is 0 Å². The van der Waals surface area contributed by atoms with Crippen LogP contribution in [0.15, 0.2) is 72.5 Å². The van der Waals surface area contributed by atoms with Gasteiger partial charge in [0, 0.05) is 12.4 Å². The molecule has 0 aliphatic heterocycles. The Morgan fingerprint density at radius 1 is 1.00 bits per heavy atom. The summed E-state index contributed by atoms with van der Waals surface area (Å²) in [5.74, 6) is 0. The Morgan fingerprint density at radius 2 is 1.71 bits per heavy atom. The molecule has 0 aromatic rings. The lowest BCUT2D eigenvalue weighted by atomic mass is 10.2. The van der Waals surface area contributed by atoms with E-state index in [1.807, 2.05) is 0 Å². The van der Waals surface area contributed by atoms with Crippen LogP contribution in [0.1, 0.15) is 0 Å². The molecule has 72 valence electrons. The van der Waals surface area contributed by atoms with E-state index in [-0.39, 0.29) is 0 Å². The summed E-state index contributed by atoms with van der Waals surface area (Å²) >= 11 is 0. The fourth-order valence-electron chi connectivity index (χ4n) is 0.761. The van der Waals surface area contributed by atoms with E-state index in [1.54, 1.807) is 30.5 Å². The van der Waals surface area contributed by atoms with Gasteiger partial charge in [0.2, 0.25) is 0 Å². The van der Waals surface area contributed by atoms with Crippen molar-refractivity contribution in [3.63, 3.8) is 0 Å². The number of allylic oxidation sites excluding steroid dienone is 4. The molecule has 0 saturated heterocycles. The Morgan fingerprint density at radius 3 is 2.14 bits per heavy atom. The molecule has 0 aromatic heterocycles. The van der Waals surface area contributed by atoms with Gasteiger partial charge in [-0.15, -0.1) is 0 Å². The van der Waals surface area contributed by atoms with Crippen molar-refractivity contribution in [3.8, 4) is 0 Å². The number of aliphatic imine (C=N–C) groups is 2. The first-order chi connectivity index (χ1) is 6.79. The Kier molecular flexibility index (Phi) is 6.60. The van der Waals surface area contributed by atoms with E-state index in [2.05, 4.69) is 36.3 Å². The molecule has 0 bridgehead atoms. The lowest BCUT2D eigenvalue weighted by molar-refractivity contribution is 1.44. The summed E-state index contributed by atoms with van der Waals surface area (Å²) in [6.07, 6.45) is 9.60. The van der Waals surface area contributed by atoms with Crippen molar-refractivity contribution in [1.29, 1.82) is 0 Å². The van der Waals surface area contributed by atoms with Crippen LogP contribution >= 0.6 is 0 Å². The van der Waals surface area contributed by atoms with E-state index in [9.17, 15) is 0 Å². The second-order valence-electron chi connectivity index (χ2n) is 2.20. The smallest absolute Gasteiger partial charge is 0.0885 e. The van der Waals surface area contributed by atoms with Gasteiger partial charge in [-0.05, 0) is 12.2 Å². The Bertz CT molecular complexity index is 317. The largest absolute Gasteiger partial charge is 0.255 e. The van der Waals surface area contributed by atoms with Crippen LogP contribution in [0.2, 0.25) is 0 Å². The zero-order valence-electron chi connectivity index (χ0n) is 8.19. The summed E-state index contributed by atoms with van der Waals surface area (Å²) in [6, 6.07) is 0. The Hall–Kier alpha value is -1.96. The number of nitrogens with zero attached hydrogens (tertiary/aromatic N) is 2. The van der Waals surface area contributed by atoms with Crippen LogP contribution in [0, 0.1) is 0 Å². The molecular formula is C12H14N2. The van der Waals surface area contributed by atoms with Gasteiger partial charge in [-0.1, -0.05) is 38.5 Å². The predicted molar refractivity (Wildman–Crippen MR) is 64.8 cm³/mol. The standard InChI is InChI=1S/C12H14N2/c1-5-9-12(14-10-6-2)11(7-3)13-8-4/h5-10H,1-4H2/b12-9+,13-11-,14-10-. The minimum Gasteiger partial charge on any atom is -0.255 e. The summed E-state index contributed by atoms with van der Waals surface area (Å²) in [7, 11) is 0. The van der Waals surface area contributed by atoms with Gasteiger partial charge < -0.3 is 0 Å². The molecule has 0 N–H and O–H groups in total. The van der Waals surface area contributed by atoms with Gasteiger partial charge in [0.25, 0.3) is 0 Å². The van der Waals surface area contributed by atoms with Crippen LogP contribution in [-0.2, 0) is 0 Å². The third kappa shape index (κ3) is 4.16. The van der Waals surface area contributed by atoms with E-state index < -0.39 is 0 Å². The van der Waals surface area contributed by atoms with Crippen molar-refractivity contribution in [2.24, 2.45) is 9.98 Å². The van der Waals surface area contributed by atoms with E-state index in [1.165, 1.54) is 6.20 Å². The maximum atomic E-state index is 4.12. The van der Waals surface area contributed by atoms with Crippen LogP contribution in [0.25, 0.3) is 0 Å². The van der Waals surface area contributed by atoms with Gasteiger partial charge in [-0.2, -0.15) is 0 Å². The van der Waals surface area contributed by atoms with Crippen molar-refractivity contribution >= 4 is 11.9 Å². The summed E-state index contributed by atoms with van der Waals surface area (Å²) < 4.78 is 0. The first-order valence-corrected chi connectivity index (χ1v) is 4.09. The fraction of sp³-hybridized carbons (Fsp3) is 0. The highest BCUT2D eigenvalue weighted by Crippen LogP contribution is 2.02. The van der Waals surface area contributed by atoms with Crippen molar-refractivity contribution < 1.29 is 0 Å². The fourth-order valence-corrected chi connectivity index (χ4v) is 0.761. The highest BCUT2D eigenvalue weighted by molar-refractivity contribution is 6.09. The molecule has 0 radical (unpaired) electrons. The molecule has 0 aromatic carbocycles. The lowest BCUT2D eigenvalue weighted by Gasteiger charge is -1.98. The molecule has 0 atom stereocenters. The molecular weight excluding hydrogens is 172 g/mol. The summed E-state index contributed by atoms with van der Waals surface area (Å²) in [5, 5.41) is 0. The van der Waals surface area contributed by atoms with Gasteiger partial charge in [-0.25, -0.2) is 0 Å². The summed E-state index contributed by atoms with van der Waals surface area (Å²) in [4.78, 5) is 8.13. The second kappa shape index (κ2) is 7.68. The number of hydrogen-bond donors (Lipinski definition) is 0. The van der Waals surface area contributed by atoms with Crippen LogP contribution in [0.4, 0.5) is 0 Å². The minimum atomic E-state index is 0.651. The summed E-state index contributed by atoms with van der Waals surface area (Å²) in [6.45, 7) is 14.3. The van der Waals surface area contributed by atoms with E-state index in [4.69, 9.17) is 0 Å². The van der Waals surface area contributed by atoms with Crippen molar-refractivity contribution in [1.82, 2.24) is 0 Å². The van der Waals surface area contributed by atoms with E-state index in [0.717, 1.165) is 0 Å². The van der Waals surface area contributed by atoms with Crippen LogP contribution in [0.5, 0.6) is 0 Å². The highest BCUT2D eigenvalue weighted by Gasteiger charge is 1.97. The third-order valence-electron chi connectivity index (χ3n) is 1.28. The molecule has 14 heavy (non-hydrogen) atoms. The monoisotopic (exact) mass is 186 g/mol. The molecule has 0 spiro atoms. The molecule has 0 rings (SSSR count). The second-order valence-corrected chi connectivity index (χ2v) is 2.20. The third-order valence-corrected chi connectivity index (χ3v) is 1.28. The maximum absolute atomic E-state index is 4.12. The predicted octanol–water partition coefficient (Wildman–Crippen LogP) is 3.08.